The standard InChI is InChI=1S/C19H13Cl2NO/c1-10-2-7-16-14(8-10)17(21)18(22-16)19(23)12-4-3-11-5-6-15(20)13(11)9-12/h2-4,6-9,22H,5H2,1H3. The molecule has 4 rings (SSSR count). The number of fused-ring (bicyclic) bond motifs is 2. The highest BCUT2D eigenvalue weighted by molar-refractivity contribution is 6.49. The van der Waals surface area contributed by atoms with E-state index in [0.717, 1.165) is 34.0 Å². The fourth-order valence-electron chi connectivity index (χ4n) is 3.00. The summed E-state index contributed by atoms with van der Waals surface area (Å²) in [5, 5.41) is 2.04. The second-order valence-corrected chi connectivity index (χ2v) is 6.61. The van der Waals surface area contributed by atoms with E-state index in [0.29, 0.717) is 21.3 Å². The van der Waals surface area contributed by atoms with E-state index in [9.17, 15) is 4.79 Å². The summed E-state index contributed by atoms with van der Waals surface area (Å²) in [5.74, 6) is -0.122. The molecule has 0 radical (unpaired) electrons. The highest BCUT2D eigenvalue weighted by atomic mass is 35.5. The van der Waals surface area contributed by atoms with E-state index in [-0.39, 0.29) is 5.78 Å². The van der Waals surface area contributed by atoms with Crippen LogP contribution in [0.1, 0.15) is 32.7 Å². The maximum Gasteiger partial charge on any atom is 0.210 e. The van der Waals surface area contributed by atoms with E-state index in [1.54, 1.807) is 0 Å². The molecule has 0 bridgehead atoms. The van der Waals surface area contributed by atoms with Gasteiger partial charge in [0.15, 0.2) is 0 Å². The maximum absolute atomic E-state index is 12.8. The van der Waals surface area contributed by atoms with Gasteiger partial charge in [-0.1, -0.05) is 53.0 Å². The molecule has 0 saturated carbocycles. The molecule has 1 aliphatic carbocycles. The van der Waals surface area contributed by atoms with Gasteiger partial charge < -0.3 is 4.98 Å². The number of benzene rings is 2. The van der Waals surface area contributed by atoms with Gasteiger partial charge in [0.2, 0.25) is 5.78 Å². The van der Waals surface area contributed by atoms with Crippen LogP contribution in [0.25, 0.3) is 15.9 Å². The van der Waals surface area contributed by atoms with E-state index in [4.69, 9.17) is 23.2 Å². The van der Waals surface area contributed by atoms with Gasteiger partial charge in [0.25, 0.3) is 0 Å². The number of hydrogen-bond acceptors (Lipinski definition) is 1. The van der Waals surface area contributed by atoms with E-state index in [2.05, 4.69) is 4.98 Å². The molecule has 3 aromatic rings. The Morgan fingerprint density at radius 2 is 1.96 bits per heavy atom. The molecule has 0 spiro atoms. The summed E-state index contributed by atoms with van der Waals surface area (Å²) in [7, 11) is 0. The zero-order valence-electron chi connectivity index (χ0n) is 12.4. The summed E-state index contributed by atoms with van der Waals surface area (Å²) in [6.07, 6.45) is 2.77. The number of rotatable bonds is 2. The first-order valence-corrected chi connectivity index (χ1v) is 8.11. The molecular weight excluding hydrogens is 329 g/mol. The van der Waals surface area contributed by atoms with Gasteiger partial charge in [0.05, 0.1) is 5.02 Å². The summed E-state index contributed by atoms with van der Waals surface area (Å²) in [6.45, 7) is 2.00. The summed E-state index contributed by atoms with van der Waals surface area (Å²) in [5.41, 5.74) is 5.05. The van der Waals surface area contributed by atoms with Crippen molar-refractivity contribution in [1.29, 1.82) is 0 Å². The molecule has 2 nitrogen and oxygen atoms in total. The number of H-pyrrole nitrogens is 1. The molecular formula is C19H13Cl2NO. The van der Waals surface area contributed by atoms with Crippen molar-refractivity contribution in [3.8, 4) is 0 Å². The minimum absolute atomic E-state index is 0.122. The van der Waals surface area contributed by atoms with Crippen LogP contribution in [-0.2, 0) is 6.42 Å². The van der Waals surface area contributed by atoms with Crippen LogP contribution in [0.4, 0.5) is 0 Å². The van der Waals surface area contributed by atoms with Crippen LogP contribution in [0.3, 0.4) is 0 Å². The van der Waals surface area contributed by atoms with E-state index in [1.807, 2.05) is 49.4 Å². The van der Waals surface area contributed by atoms with Crippen molar-refractivity contribution in [3.05, 3.63) is 75.4 Å². The number of carbonyl (C=O) groups excluding carboxylic acids is 1. The number of halogens is 2. The van der Waals surface area contributed by atoms with Gasteiger partial charge in [-0.3, -0.25) is 4.79 Å². The minimum Gasteiger partial charge on any atom is -0.351 e. The van der Waals surface area contributed by atoms with Crippen LogP contribution in [0.5, 0.6) is 0 Å². The van der Waals surface area contributed by atoms with Crippen molar-refractivity contribution in [3.63, 3.8) is 0 Å². The van der Waals surface area contributed by atoms with Gasteiger partial charge in [-0.15, -0.1) is 0 Å². The lowest BCUT2D eigenvalue weighted by Gasteiger charge is -2.04. The highest BCUT2D eigenvalue weighted by Crippen LogP contribution is 2.33. The van der Waals surface area contributed by atoms with Crippen LogP contribution < -0.4 is 0 Å². The number of hydrogen-bond donors (Lipinski definition) is 1. The Morgan fingerprint density at radius 3 is 2.78 bits per heavy atom. The Morgan fingerprint density at radius 1 is 1.13 bits per heavy atom. The second-order valence-electron chi connectivity index (χ2n) is 5.82. The molecule has 2 aromatic carbocycles. The Kier molecular flexibility index (Phi) is 3.33. The zero-order valence-corrected chi connectivity index (χ0v) is 13.9. The molecule has 23 heavy (non-hydrogen) atoms. The summed E-state index contributed by atoms with van der Waals surface area (Å²) in [4.78, 5) is 16.0. The number of nitrogens with one attached hydrogen (secondary N) is 1. The molecule has 1 N–H and O–H groups in total. The van der Waals surface area contributed by atoms with Crippen LogP contribution in [0.2, 0.25) is 5.02 Å². The first-order valence-electron chi connectivity index (χ1n) is 7.36. The molecule has 0 aliphatic heterocycles. The number of aryl methyl sites for hydroxylation is 1. The fourth-order valence-corrected chi connectivity index (χ4v) is 3.54. The molecule has 4 heteroatoms. The van der Waals surface area contributed by atoms with Crippen LogP contribution in [0.15, 0.2) is 42.5 Å². The molecule has 0 fully saturated rings. The lowest BCUT2D eigenvalue weighted by molar-refractivity contribution is 0.103. The first kappa shape index (κ1) is 14.6. The summed E-state index contributed by atoms with van der Waals surface area (Å²) in [6, 6.07) is 11.5. The van der Waals surface area contributed by atoms with Crippen LogP contribution in [-0.4, -0.2) is 10.8 Å². The van der Waals surface area contributed by atoms with Gasteiger partial charge in [-0.2, -0.15) is 0 Å². The number of ketones is 1. The molecule has 1 aliphatic rings. The van der Waals surface area contributed by atoms with Gasteiger partial charge in [0.1, 0.15) is 5.69 Å². The molecule has 1 aromatic heterocycles. The van der Waals surface area contributed by atoms with Gasteiger partial charge in [0, 0.05) is 21.5 Å². The molecule has 114 valence electrons. The van der Waals surface area contributed by atoms with E-state index < -0.39 is 0 Å². The fraction of sp³-hybridized carbons (Fsp3) is 0.105. The maximum atomic E-state index is 12.8. The summed E-state index contributed by atoms with van der Waals surface area (Å²) < 4.78 is 0. The van der Waals surface area contributed by atoms with Crippen molar-refractivity contribution in [2.45, 2.75) is 13.3 Å². The van der Waals surface area contributed by atoms with Gasteiger partial charge in [-0.05, 0) is 42.7 Å². The Balaban J connectivity index is 1.82. The molecule has 0 unspecified atom stereocenters. The van der Waals surface area contributed by atoms with Crippen LogP contribution >= 0.6 is 23.2 Å². The number of aromatic amines is 1. The molecule has 1 heterocycles. The topological polar surface area (TPSA) is 32.9 Å². The first-order chi connectivity index (χ1) is 11.0. The lowest BCUT2D eigenvalue weighted by Crippen LogP contribution is -2.03. The molecule has 0 saturated heterocycles. The SMILES string of the molecule is Cc1ccc2[nH]c(C(=O)c3ccc4c(c3)C(Cl)=CC4)c(Cl)c2c1. The molecule has 0 amide bonds. The highest BCUT2D eigenvalue weighted by Gasteiger charge is 2.20. The second kappa shape index (κ2) is 5.26. The van der Waals surface area contributed by atoms with E-state index >= 15 is 0 Å². The monoisotopic (exact) mass is 341 g/mol. The third-order valence-electron chi connectivity index (χ3n) is 4.25. The van der Waals surface area contributed by atoms with Crippen molar-refractivity contribution >= 4 is 44.9 Å². The number of aromatic nitrogens is 1. The van der Waals surface area contributed by atoms with Gasteiger partial charge in [-0.25, -0.2) is 0 Å². The lowest BCUT2D eigenvalue weighted by atomic mass is 10.0. The predicted molar refractivity (Wildman–Crippen MR) is 95.5 cm³/mol. The smallest absolute Gasteiger partial charge is 0.210 e. The molecule has 0 atom stereocenters. The van der Waals surface area contributed by atoms with Crippen molar-refractivity contribution < 1.29 is 4.79 Å². The van der Waals surface area contributed by atoms with Crippen molar-refractivity contribution in [1.82, 2.24) is 4.98 Å². The van der Waals surface area contributed by atoms with E-state index in [1.165, 1.54) is 0 Å². The summed E-state index contributed by atoms with van der Waals surface area (Å²) >= 11 is 12.6. The normalized spacial score (nSPS) is 13.3. The Labute approximate surface area is 143 Å². The third kappa shape index (κ3) is 2.30. The average Bonchev–Trinajstić information content (AvgIpc) is 3.08. The van der Waals surface area contributed by atoms with Crippen molar-refractivity contribution in [2.75, 3.05) is 0 Å². The van der Waals surface area contributed by atoms with Gasteiger partial charge >= 0.3 is 0 Å². The number of carbonyl (C=O) groups is 1. The number of allylic oxidation sites excluding steroid dienone is 1. The van der Waals surface area contributed by atoms with Crippen LogP contribution in [0, 0.1) is 6.92 Å². The Bertz CT molecular complexity index is 998. The zero-order chi connectivity index (χ0) is 16.1. The Hall–Kier alpha value is -2.03. The average molecular weight is 342 g/mol. The quantitative estimate of drug-likeness (QED) is 0.613. The third-order valence-corrected chi connectivity index (χ3v) is 5.00. The van der Waals surface area contributed by atoms with Crippen molar-refractivity contribution in [2.24, 2.45) is 0 Å². The predicted octanol–water partition coefficient (Wildman–Crippen LogP) is 5.50. The largest absolute Gasteiger partial charge is 0.351 e. The minimum atomic E-state index is -0.122.